The Labute approximate surface area is 165 Å². The summed E-state index contributed by atoms with van der Waals surface area (Å²) in [6.07, 6.45) is -0.0748. The number of aromatic nitrogens is 3. The van der Waals surface area contributed by atoms with Gasteiger partial charge in [-0.25, -0.2) is 0 Å². The molecule has 8 nitrogen and oxygen atoms in total. The highest BCUT2D eigenvalue weighted by Crippen LogP contribution is 2.19. The molecule has 4 rings (SSSR count). The molecular weight excluding hydrogens is 372 g/mol. The van der Waals surface area contributed by atoms with Gasteiger partial charge < -0.3 is 19.6 Å². The zero-order chi connectivity index (χ0) is 20.2. The lowest BCUT2D eigenvalue weighted by Crippen LogP contribution is -2.28. The molecule has 2 heterocycles. The summed E-state index contributed by atoms with van der Waals surface area (Å²) >= 11 is 0. The quantitative estimate of drug-likeness (QED) is 0.523. The Morgan fingerprint density at radius 2 is 1.97 bits per heavy atom. The van der Waals surface area contributed by atoms with Gasteiger partial charge in [-0.1, -0.05) is 23.4 Å². The first-order chi connectivity index (χ1) is 14.1. The molecule has 0 saturated heterocycles. The number of carbonyl (C=O) groups is 1. The van der Waals surface area contributed by atoms with Crippen molar-refractivity contribution in [1.29, 1.82) is 0 Å². The standard InChI is InChI=1S/C21H18N4O4/c1-28-16-8-6-13(7-9-16)20-24-19(29-25-20)11-18(26)22-12-15-10-14-4-2-3-5-17(14)23-21(15)27/h2-10H,11-12H2,1H3,(H,22,26)(H,23,27). The molecule has 146 valence electrons. The normalized spacial score (nSPS) is 10.8. The van der Waals surface area contributed by atoms with Crippen LogP contribution in [0.5, 0.6) is 5.75 Å². The average Bonchev–Trinajstić information content (AvgIpc) is 3.20. The number of methoxy groups -OCH3 is 1. The van der Waals surface area contributed by atoms with Gasteiger partial charge in [0.25, 0.3) is 5.56 Å². The fourth-order valence-electron chi connectivity index (χ4n) is 2.90. The Morgan fingerprint density at radius 3 is 2.76 bits per heavy atom. The summed E-state index contributed by atoms with van der Waals surface area (Å²) < 4.78 is 10.3. The van der Waals surface area contributed by atoms with E-state index in [4.69, 9.17) is 9.26 Å². The number of rotatable bonds is 6. The lowest BCUT2D eigenvalue weighted by Gasteiger charge is -2.05. The Kier molecular flexibility index (Phi) is 5.07. The molecule has 0 saturated carbocycles. The van der Waals surface area contributed by atoms with E-state index in [-0.39, 0.29) is 30.3 Å². The molecule has 2 N–H and O–H groups in total. The second-order valence-electron chi connectivity index (χ2n) is 6.40. The van der Waals surface area contributed by atoms with Gasteiger partial charge in [0, 0.05) is 23.2 Å². The van der Waals surface area contributed by atoms with Gasteiger partial charge >= 0.3 is 0 Å². The molecule has 2 aromatic carbocycles. The van der Waals surface area contributed by atoms with Crippen molar-refractivity contribution < 1.29 is 14.1 Å². The first kappa shape index (κ1) is 18.4. The summed E-state index contributed by atoms with van der Waals surface area (Å²) in [6.45, 7) is 0.110. The highest BCUT2D eigenvalue weighted by Gasteiger charge is 2.13. The zero-order valence-corrected chi connectivity index (χ0v) is 15.6. The van der Waals surface area contributed by atoms with Crippen LogP contribution >= 0.6 is 0 Å². The van der Waals surface area contributed by atoms with E-state index in [1.807, 2.05) is 24.3 Å². The fraction of sp³-hybridized carbons (Fsp3) is 0.143. The lowest BCUT2D eigenvalue weighted by molar-refractivity contribution is -0.120. The van der Waals surface area contributed by atoms with Gasteiger partial charge in [-0.2, -0.15) is 4.98 Å². The molecule has 0 spiro atoms. The minimum atomic E-state index is -0.317. The van der Waals surface area contributed by atoms with E-state index in [1.165, 1.54) is 0 Å². The molecule has 0 atom stereocenters. The maximum absolute atomic E-state index is 12.2. The second kappa shape index (κ2) is 7.97. The van der Waals surface area contributed by atoms with Gasteiger partial charge in [0.1, 0.15) is 12.2 Å². The van der Waals surface area contributed by atoms with E-state index in [2.05, 4.69) is 20.4 Å². The number of hydrogen-bond acceptors (Lipinski definition) is 6. The Hall–Kier alpha value is -3.94. The van der Waals surface area contributed by atoms with Crippen molar-refractivity contribution in [2.45, 2.75) is 13.0 Å². The number of pyridine rings is 1. The molecule has 0 bridgehead atoms. The lowest BCUT2D eigenvalue weighted by atomic mass is 10.1. The molecule has 4 aromatic rings. The van der Waals surface area contributed by atoms with E-state index in [0.717, 1.165) is 22.2 Å². The molecule has 8 heteroatoms. The first-order valence-corrected chi connectivity index (χ1v) is 8.97. The number of nitrogens with zero attached hydrogens (tertiary/aromatic N) is 2. The largest absolute Gasteiger partial charge is 0.497 e. The number of fused-ring (bicyclic) bond motifs is 1. The van der Waals surface area contributed by atoms with Gasteiger partial charge in [0.15, 0.2) is 0 Å². The van der Waals surface area contributed by atoms with Crippen molar-refractivity contribution in [2.75, 3.05) is 7.11 Å². The number of benzene rings is 2. The molecule has 0 aliphatic rings. The smallest absolute Gasteiger partial charge is 0.253 e. The number of amides is 1. The summed E-state index contributed by atoms with van der Waals surface area (Å²) in [5.41, 5.74) is 1.75. The molecule has 29 heavy (non-hydrogen) atoms. The van der Waals surface area contributed by atoms with E-state index >= 15 is 0 Å². The van der Waals surface area contributed by atoms with Crippen LogP contribution in [0.2, 0.25) is 0 Å². The third kappa shape index (κ3) is 4.16. The molecule has 0 aliphatic carbocycles. The van der Waals surface area contributed by atoms with Crippen molar-refractivity contribution in [3.8, 4) is 17.1 Å². The van der Waals surface area contributed by atoms with Gasteiger partial charge in [0.2, 0.25) is 17.6 Å². The van der Waals surface area contributed by atoms with Crippen LogP contribution < -0.4 is 15.6 Å². The molecule has 1 amide bonds. The van der Waals surface area contributed by atoms with E-state index in [1.54, 1.807) is 37.4 Å². The number of aromatic amines is 1. The van der Waals surface area contributed by atoms with Gasteiger partial charge in [-0.15, -0.1) is 0 Å². The SMILES string of the molecule is COc1ccc(-c2noc(CC(=O)NCc3cc4ccccc4[nH]c3=O)n2)cc1. The van der Waals surface area contributed by atoms with Gasteiger partial charge in [-0.05, 0) is 41.8 Å². The third-order valence-corrected chi connectivity index (χ3v) is 4.43. The summed E-state index contributed by atoms with van der Waals surface area (Å²) in [7, 11) is 1.59. The Bertz CT molecular complexity index is 1210. The Morgan fingerprint density at radius 1 is 1.17 bits per heavy atom. The number of H-pyrrole nitrogens is 1. The van der Waals surface area contributed by atoms with Crippen LogP contribution in [0.1, 0.15) is 11.5 Å². The number of ether oxygens (including phenoxy) is 1. The highest BCUT2D eigenvalue weighted by molar-refractivity contribution is 5.79. The number of nitrogens with one attached hydrogen (secondary N) is 2. The molecule has 0 aliphatic heterocycles. The van der Waals surface area contributed by atoms with E-state index in [0.29, 0.717) is 11.4 Å². The van der Waals surface area contributed by atoms with Crippen molar-refractivity contribution in [3.05, 3.63) is 76.4 Å². The maximum atomic E-state index is 12.2. The maximum Gasteiger partial charge on any atom is 0.253 e. The van der Waals surface area contributed by atoms with Crippen molar-refractivity contribution in [1.82, 2.24) is 20.4 Å². The highest BCUT2D eigenvalue weighted by atomic mass is 16.5. The van der Waals surface area contributed by atoms with Crippen LogP contribution in [-0.4, -0.2) is 28.1 Å². The van der Waals surface area contributed by atoms with Crippen LogP contribution in [0.4, 0.5) is 0 Å². The number of para-hydroxylation sites is 1. The van der Waals surface area contributed by atoms with Crippen LogP contribution in [0, 0.1) is 0 Å². The molecule has 0 radical (unpaired) electrons. The number of hydrogen-bond donors (Lipinski definition) is 2. The van der Waals surface area contributed by atoms with E-state index in [9.17, 15) is 9.59 Å². The van der Waals surface area contributed by atoms with Crippen LogP contribution in [0.3, 0.4) is 0 Å². The summed E-state index contributed by atoms with van der Waals surface area (Å²) in [5.74, 6) is 0.991. The summed E-state index contributed by atoms with van der Waals surface area (Å²) in [6, 6.07) is 16.4. The molecule has 2 aromatic heterocycles. The first-order valence-electron chi connectivity index (χ1n) is 8.97. The second-order valence-corrected chi connectivity index (χ2v) is 6.40. The molecule has 0 fully saturated rings. The number of carbonyl (C=O) groups excluding carboxylic acids is 1. The van der Waals surface area contributed by atoms with Gasteiger partial charge in [0.05, 0.1) is 7.11 Å². The fourth-order valence-corrected chi connectivity index (χ4v) is 2.90. The van der Waals surface area contributed by atoms with Crippen LogP contribution in [0.15, 0.2) is 63.9 Å². The minimum Gasteiger partial charge on any atom is -0.497 e. The van der Waals surface area contributed by atoms with Gasteiger partial charge in [-0.3, -0.25) is 9.59 Å². The zero-order valence-electron chi connectivity index (χ0n) is 15.6. The van der Waals surface area contributed by atoms with Crippen LogP contribution in [0.25, 0.3) is 22.3 Å². The van der Waals surface area contributed by atoms with Crippen molar-refractivity contribution >= 4 is 16.8 Å². The monoisotopic (exact) mass is 390 g/mol. The molecule has 0 unspecified atom stereocenters. The predicted octanol–water partition coefficient (Wildman–Crippen LogP) is 2.45. The molecular formula is C21H18N4O4. The van der Waals surface area contributed by atoms with Crippen molar-refractivity contribution in [2.24, 2.45) is 0 Å². The third-order valence-electron chi connectivity index (χ3n) is 4.43. The van der Waals surface area contributed by atoms with E-state index < -0.39 is 0 Å². The van der Waals surface area contributed by atoms with Crippen LogP contribution in [-0.2, 0) is 17.8 Å². The predicted molar refractivity (Wildman–Crippen MR) is 106 cm³/mol. The average molecular weight is 390 g/mol. The minimum absolute atomic E-state index is 0.0748. The summed E-state index contributed by atoms with van der Waals surface area (Å²) in [5, 5.41) is 7.51. The Balaban J connectivity index is 1.39. The topological polar surface area (TPSA) is 110 Å². The van der Waals surface area contributed by atoms with Crippen molar-refractivity contribution in [3.63, 3.8) is 0 Å². The summed E-state index contributed by atoms with van der Waals surface area (Å²) in [4.78, 5) is 31.4.